The Labute approximate surface area is 153 Å². The van der Waals surface area contributed by atoms with E-state index in [1.807, 2.05) is 60.7 Å². The van der Waals surface area contributed by atoms with Crippen molar-refractivity contribution < 1.29 is 24.4 Å². The van der Waals surface area contributed by atoms with Gasteiger partial charge in [0.05, 0.1) is 13.1 Å². The molecule has 1 atom stereocenters. The van der Waals surface area contributed by atoms with E-state index in [0.717, 1.165) is 11.1 Å². The molecule has 0 aliphatic carbocycles. The summed E-state index contributed by atoms with van der Waals surface area (Å²) in [5.74, 6) is -3.06. The second-order valence-corrected chi connectivity index (χ2v) is 9.61. The monoisotopic (exact) mass is 374 g/mol. The summed E-state index contributed by atoms with van der Waals surface area (Å²) >= 11 is 0. The molecule has 0 saturated carbocycles. The highest BCUT2D eigenvalue weighted by Crippen LogP contribution is 2.54. The molecule has 0 fully saturated rings. The summed E-state index contributed by atoms with van der Waals surface area (Å²) in [6, 6.07) is 18.7. The molecule has 0 heterocycles. The van der Waals surface area contributed by atoms with Crippen molar-refractivity contribution in [3.8, 4) is 0 Å². The summed E-state index contributed by atoms with van der Waals surface area (Å²) < 4.78 is 13.7. The van der Waals surface area contributed by atoms with Crippen LogP contribution in [0.2, 0.25) is 0 Å². The molecule has 0 bridgehead atoms. The molecule has 1 unspecified atom stereocenters. The molecule has 26 heavy (non-hydrogen) atoms. The van der Waals surface area contributed by atoms with Gasteiger partial charge in [-0.15, -0.1) is 0 Å². The van der Waals surface area contributed by atoms with Gasteiger partial charge in [-0.3, -0.25) is 9.59 Å². The minimum absolute atomic E-state index is 0.000593. The zero-order valence-corrected chi connectivity index (χ0v) is 15.3. The molecule has 0 aromatic heterocycles. The molecule has 0 spiro atoms. The van der Waals surface area contributed by atoms with Gasteiger partial charge < -0.3 is 14.8 Å². The number of hydrogen-bond donors (Lipinski definition) is 2. The Morgan fingerprint density at radius 1 is 0.846 bits per heavy atom. The average molecular weight is 374 g/mol. The molecule has 0 amide bonds. The third-order valence-corrected chi connectivity index (χ3v) is 7.23. The van der Waals surface area contributed by atoms with E-state index in [0.29, 0.717) is 12.3 Å². The number of rotatable bonds is 10. The Bertz CT molecular complexity index is 728. The van der Waals surface area contributed by atoms with E-state index in [2.05, 4.69) is 0 Å². The molecule has 6 heteroatoms. The lowest BCUT2D eigenvalue weighted by molar-refractivity contribution is -0.142. The molecule has 138 valence electrons. The van der Waals surface area contributed by atoms with E-state index in [1.54, 1.807) is 0 Å². The summed E-state index contributed by atoms with van der Waals surface area (Å²) in [5.41, 5.74) is 1.79. The zero-order chi connectivity index (χ0) is 19.0. The smallest absolute Gasteiger partial charge is 0.306 e. The van der Waals surface area contributed by atoms with Crippen molar-refractivity contribution in [3.63, 3.8) is 0 Å². The first-order valence-corrected chi connectivity index (χ1v) is 10.7. The van der Waals surface area contributed by atoms with Crippen LogP contribution in [0.15, 0.2) is 60.7 Å². The van der Waals surface area contributed by atoms with Crippen LogP contribution >= 0.6 is 7.14 Å². The minimum Gasteiger partial charge on any atom is -0.481 e. The van der Waals surface area contributed by atoms with Crippen LogP contribution in [0.1, 0.15) is 24.0 Å². The first-order valence-electron chi connectivity index (χ1n) is 8.47. The average Bonchev–Trinajstić information content (AvgIpc) is 2.60. The van der Waals surface area contributed by atoms with Gasteiger partial charge in [0.15, 0.2) is 0 Å². The van der Waals surface area contributed by atoms with Crippen LogP contribution in [0, 0.1) is 5.92 Å². The molecule has 0 aliphatic heterocycles. The predicted octanol–water partition coefficient (Wildman–Crippen LogP) is 4.32. The summed E-state index contributed by atoms with van der Waals surface area (Å²) in [6.07, 6.45) is 0.352. The second kappa shape index (κ2) is 9.35. The molecular weight excluding hydrogens is 351 g/mol. The maximum absolute atomic E-state index is 13.7. The maximum Gasteiger partial charge on any atom is 0.306 e. The lowest BCUT2D eigenvalue weighted by Crippen LogP contribution is -2.20. The highest BCUT2D eigenvalue weighted by Gasteiger charge is 2.31. The van der Waals surface area contributed by atoms with Crippen LogP contribution in [0.4, 0.5) is 0 Å². The Kier molecular flexibility index (Phi) is 7.16. The fourth-order valence-electron chi connectivity index (χ4n) is 3.01. The lowest BCUT2D eigenvalue weighted by Gasteiger charge is -2.22. The van der Waals surface area contributed by atoms with Gasteiger partial charge in [-0.05, 0) is 17.5 Å². The van der Waals surface area contributed by atoms with E-state index in [1.165, 1.54) is 0 Å². The first-order chi connectivity index (χ1) is 12.4. The van der Waals surface area contributed by atoms with Crippen LogP contribution in [-0.2, 0) is 26.5 Å². The van der Waals surface area contributed by atoms with Crippen molar-refractivity contribution in [3.05, 3.63) is 71.8 Å². The molecule has 0 radical (unpaired) electrons. The number of hydrogen-bond acceptors (Lipinski definition) is 3. The van der Waals surface area contributed by atoms with Crippen molar-refractivity contribution in [2.45, 2.75) is 25.2 Å². The highest BCUT2D eigenvalue weighted by molar-refractivity contribution is 7.62. The van der Waals surface area contributed by atoms with Crippen LogP contribution in [0.25, 0.3) is 0 Å². The molecule has 2 aromatic rings. The molecule has 2 aromatic carbocycles. The Morgan fingerprint density at radius 3 is 1.69 bits per heavy atom. The van der Waals surface area contributed by atoms with Gasteiger partial charge in [0.25, 0.3) is 0 Å². The fraction of sp³-hybridized carbons (Fsp3) is 0.300. The van der Waals surface area contributed by atoms with Crippen molar-refractivity contribution >= 4 is 19.1 Å². The van der Waals surface area contributed by atoms with E-state index in [-0.39, 0.29) is 19.0 Å². The third kappa shape index (κ3) is 6.49. The zero-order valence-electron chi connectivity index (χ0n) is 14.5. The van der Waals surface area contributed by atoms with Crippen molar-refractivity contribution in [1.82, 2.24) is 0 Å². The van der Waals surface area contributed by atoms with Crippen LogP contribution in [-0.4, -0.2) is 28.3 Å². The number of carboxylic acids is 2. The molecular formula is C20H23O5P. The molecule has 5 nitrogen and oxygen atoms in total. The molecule has 2 rings (SSSR count). The van der Waals surface area contributed by atoms with Gasteiger partial charge in [0.2, 0.25) is 0 Å². The SMILES string of the molecule is O=C(O)CCC(CP(=O)(Cc1ccccc1)Cc1ccccc1)C(=O)O. The van der Waals surface area contributed by atoms with Gasteiger partial charge in [0.1, 0.15) is 0 Å². The van der Waals surface area contributed by atoms with E-state index in [4.69, 9.17) is 5.11 Å². The Hall–Kier alpha value is -2.39. The maximum atomic E-state index is 13.7. The first kappa shape index (κ1) is 19.9. The Balaban J connectivity index is 2.24. The van der Waals surface area contributed by atoms with E-state index < -0.39 is 25.0 Å². The number of aliphatic carboxylic acids is 2. The summed E-state index contributed by atoms with van der Waals surface area (Å²) in [7, 11) is -2.91. The summed E-state index contributed by atoms with van der Waals surface area (Å²) in [6.45, 7) is 0. The van der Waals surface area contributed by atoms with E-state index in [9.17, 15) is 19.3 Å². The largest absolute Gasteiger partial charge is 0.481 e. The quantitative estimate of drug-likeness (QED) is 0.605. The van der Waals surface area contributed by atoms with Gasteiger partial charge >= 0.3 is 11.9 Å². The molecule has 0 aliphatic rings. The molecule has 2 N–H and O–H groups in total. The van der Waals surface area contributed by atoms with Crippen LogP contribution in [0.5, 0.6) is 0 Å². The predicted molar refractivity (Wildman–Crippen MR) is 101 cm³/mol. The van der Waals surface area contributed by atoms with Crippen molar-refractivity contribution in [2.24, 2.45) is 5.92 Å². The Morgan fingerprint density at radius 2 is 1.31 bits per heavy atom. The third-order valence-electron chi connectivity index (χ3n) is 4.24. The topological polar surface area (TPSA) is 91.7 Å². The number of benzene rings is 2. The summed E-state index contributed by atoms with van der Waals surface area (Å²) in [5, 5.41) is 18.3. The van der Waals surface area contributed by atoms with E-state index >= 15 is 0 Å². The number of carboxylic acid groups (broad SMARTS) is 2. The van der Waals surface area contributed by atoms with Gasteiger partial charge in [-0.1, -0.05) is 60.7 Å². The number of carbonyl (C=O) groups is 2. The van der Waals surface area contributed by atoms with Crippen molar-refractivity contribution in [1.29, 1.82) is 0 Å². The fourth-order valence-corrected chi connectivity index (χ4v) is 6.27. The standard InChI is InChI=1S/C20H23O5P/c21-19(22)12-11-18(20(23)24)15-26(25,13-16-7-3-1-4-8-16)14-17-9-5-2-6-10-17/h1-10,18H,11-15H2,(H,21,22)(H,23,24). The van der Waals surface area contributed by atoms with Crippen molar-refractivity contribution in [2.75, 3.05) is 6.16 Å². The second-order valence-electron chi connectivity index (χ2n) is 6.50. The normalized spacial score (nSPS) is 12.5. The minimum atomic E-state index is -2.91. The lowest BCUT2D eigenvalue weighted by atomic mass is 10.1. The van der Waals surface area contributed by atoms with Gasteiger partial charge in [-0.25, -0.2) is 0 Å². The highest BCUT2D eigenvalue weighted by atomic mass is 31.2. The van der Waals surface area contributed by atoms with Gasteiger partial charge in [-0.2, -0.15) is 0 Å². The summed E-state index contributed by atoms with van der Waals surface area (Å²) in [4.78, 5) is 22.4. The molecule has 0 saturated heterocycles. The van der Waals surface area contributed by atoms with Crippen LogP contribution in [0.3, 0.4) is 0 Å². The van der Waals surface area contributed by atoms with Gasteiger partial charge in [0, 0.05) is 24.9 Å². The van der Waals surface area contributed by atoms with Crippen LogP contribution < -0.4 is 0 Å².